The minimum atomic E-state index is -1.07. The van der Waals surface area contributed by atoms with E-state index in [2.05, 4.69) is 5.10 Å². The van der Waals surface area contributed by atoms with E-state index < -0.39 is 22.7 Å². The third-order valence-electron chi connectivity index (χ3n) is 6.53. The maximum Gasteiger partial charge on any atom is 0.335 e. The zero-order chi connectivity index (χ0) is 24.0. The zero-order valence-electron chi connectivity index (χ0n) is 17.7. The summed E-state index contributed by atoms with van der Waals surface area (Å²) in [5.41, 5.74) is 0.690. The van der Waals surface area contributed by atoms with Crippen LogP contribution in [-0.4, -0.2) is 39.0 Å². The highest BCUT2D eigenvalue weighted by Crippen LogP contribution is 2.52. The van der Waals surface area contributed by atoms with Crippen LogP contribution < -0.4 is 4.74 Å². The van der Waals surface area contributed by atoms with Gasteiger partial charge in [0.2, 0.25) is 0 Å². The maximum absolute atomic E-state index is 12.8. The van der Waals surface area contributed by atoms with Gasteiger partial charge in [0.1, 0.15) is 12.4 Å². The van der Waals surface area contributed by atoms with E-state index in [1.807, 2.05) is 12.2 Å². The second kappa shape index (κ2) is 8.22. The van der Waals surface area contributed by atoms with Crippen molar-refractivity contribution < 1.29 is 29.2 Å². The summed E-state index contributed by atoms with van der Waals surface area (Å²) in [5, 5.41) is 25.4. The SMILES string of the molecule is O=C(O)c1cccc(COc2ccc([N+](=O)[O-])cc2C=NN2C(=O)C3C4C=CC(C4)C3C2=O)c1. The minimum Gasteiger partial charge on any atom is -0.488 e. The van der Waals surface area contributed by atoms with Crippen LogP contribution in [-0.2, 0) is 16.2 Å². The number of nitrogens with zero attached hydrogens (tertiary/aromatic N) is 3. The van der Waals surface area contributed by atoms with E-state index in [0.29, 0.717) is 5.56 Å². The molecule has 1 heterocycles. The van der Waals surface area contributed by atoms with Crippen LogP contribution >= 0.6 is 0 Å². The Labute approximate surface area is 193 Å². The van der Waals surface area contributed by atoms with Crippen LogP contribution in [0, 0.1) is 33.8 Å². The fraction of sp³-hybridized carbons (Fsp3) is 0.250. The summed E-state index contributed by atoms with van der Waals surface area (Å²) in [7, 11) is 0. The Hall–Kier alpha value is -4.34. The van der Waals surface area contributed by atoms with Gasteiger partial charge in [-0.05, 0) is 42.0 Å². The Morgan fingerprint density at radius 3 is 2.50 bits per heavy atom. The highest BCUT2D eigenvalue weighted by Gasteiger charge is 2.59. The molecule has 172 valence electrons. The van der Waals surface area contributed by atoms with Crippen LogP contribution in [0.3, 0.4) is 0 Å². The number of nitro benzene ring substituents is 1. The van der Waals surface area contributed by atoms with Crippen LogP contribution in [0.15, 0.2) is 59.7 Å². The van der Waals surface area contributed by atoms with E-state index in [9.17, 15) is 24.5 Å². The zero-order valence-corrected chi connectivity index (χ0v) is 17.7. The molecule has 1 N–H and O–H groups in total. The third kappa shape index (κ3) is 3.62. The van der Waals surface area contributed by atoms with Crippen molar-refractivity contribution >= 4 is 29.7 Å². The minimum absolute atomic E-state index is 0.000520. The van der Waals surface area contributed by atoms with Gasteiger partial charge in [-0.1, -0.05) is 24.3 Å². The van der Waals surface area contributed by atoms with Crippen LogP contribution in [0.1, 0.15) is 27.9 Å². The smallest absolute Gasteiger partial charge is 0.335 e. The first-order valence-corrected chi connectivity index (χ1v) is 10.7. The molecule has 0 aromatic heterocycles. The van der Waals surface area contributed by atoms with E-state index >= 15 is 0 Å². The number of fused-ring (bicyclic) bond motifs is 5. The molecular formula is C24H19N3O7. The van der Waals surface area contributed by atoms with Crippen molar-refractivity contribution in [3.8, 4) is 5.75 Å². The number of hydrogen-bond donors (Lipinski definition) is 1. The lowest BCUT2D eigenvalue weighted by atomic mass is 9.85. The first-order valence-electron chi connectivity index (χ1n) is 10.7. The van der Waals surface area contributed by atoms with Gasteiger partial charge in [0, 0.05) is 17.7 Å². The number of rotatable bonds is 7. The number of allylic oxidation sites excluding steroid dienone is 2. The second-order valence-corrected chi connectivity index (χ2v) is 8.51. The number of hydrazone groups is 1. The number of imide groups is 1. The van der Waals surface area contributed by atoms with Crippen molar-refractivity contribution in [2.24, 2.45) is 28.8 Å². The molecule has 34 heavy (non-hydrogen) atoms. The van der Waals surface area contributed by atoms with E-state index in [0.717, 1.165) is 11.4 Å². The summed E-state index contributed by atoms with van der Waals surface area (Å²) in [6.45, 7) is 0.000520. The number of nitro groups is 1. The summed E-state index contributed by atoms with van der Waals surface area (Å²) in [5.74, 6) is -2.27. The molecule has 0 radical (unpaired) electrons. The summed E-state index contributed by atoms with van der Waals surface area (Å²) < 4.78 is 5.78. The second-order valence-electron chi connectivity index (χ2n) is 8.51. The Kier molecular flexibility index (Phi) is 5.20. The lowest BCUT2D eigenvalue weighted by Gasteiger charge is -2.13. The molecule has 2 aliphatic carbocycles. The van der Waals surface area contributed by atoms with Crippen molar-refractivity contribution in [2.75, 3.05) is 0 Å². The molecule has 2 bridgehead atoms. The molecule has 1 saturated heterocycles. The Balaban J connectivity index is 1.39. The van der Waals surface area contributed by atoms with Gasteiger partial charge in [-0.15, -0.1) is 0 Å². The largest absolute Gasteiger partial charge is 0.488 e. The first kappa shape index (κ1) is 21.5. The number of carboxylic acid groups (broad SMARTS) is 1. The number of ether oxygens (including phenoxy) is 1. The molecule has 5 rings (SSSR count). The van der Waals surface area contributed by atoms with Crippen LogP contribution in [0.4, 0.5) is 5.69 Å². The van der Waals surface area contributed by atoms with Crippen molar-refractivity contribution in [1.82, 2.24) is 5.01 Å². The highest BCUT2D eigenvalue weighted by atomic mass is 16.6. The predicted octanol–water partition coefficient (Wildman–Crippen LogP) is 3.01. The van der Waals surface area contributed by atoms with E-state index in [4.69, 9.17) is 9.84 Å². The van der Waals surface area contributed by atoms with Gasteiger partial charge < -0.3 is 9.84 Å². The van der Waals surface area contributed by atoms with Gasteiger partial charge in [-0.2, -0.15) is 10.1 Å². The van der Waals surface area contributed by atoms with Gasteiger partial charge in [0.05, 0.1) is 28.5 Å². The molecule has 1 aliphatic heterocycles. The van der Waals surface area contributed by atoms with Gasteiger partial charge in [-0.25, -0.2) is 4.79 Å². The first-order chi connectivity index (χ1) is 16.3. The molecule has 2 aromatic rings. The lowest BCUT2D eigenvalue weighted by molar-refractivity contribution is -0.384. The van der Waals surface area contributed by atoms with Gasteiger partial charge in [0.25, 0.3) is 17.5 Å². The summed E-state index contributed by atoms with van der Waals surface area (Å²) in [6, 6.07) is 10.1. The monoisotopic (exact) mass is 461 g/mol. The number of carbonyl (C=O) groups is 3. The number of hydrogen-bond acceptors (Lipinski definition) is 7. The Morgan fingerprint density at radius 1 is 1.15 bits per heavy atom. The van der Waals surface area contributed by atoms with Crippen LogP contribution in [0.25, 0.3) is 0 Å². The Bertz CT molecular complexity index is 1260. The predicted molar refractivity (Wildman–Crippen MR) is 118 cm³/mol. The molecule has 10 nitrogen and oxygen atoms in total. The van der Waals surface area contributed by atoms with Crippen LogP contribution in [0.2, 0.25) is 0 Å². The fourth-order valence-corrected chi connectivity index (χ4v) is 4.96. The quantitative estimate of drug-likeness (QED) is 0.220. The number of carbonyl (C=O) groups excluding carboxylic acids is 2. The standard InChI is InChI=1S/C24H19N3O7/c28-22-20-14-4-5-15(9-14)21(20)23(29)26(22)25-11-17-10-18(27(32)33)6-7-19(17)34-12-13-2-1-3-16(8-13)24(30)31/h1-8,10-11,14-15,20-21H,9,12H2,(H,30,31). The number of amides is 2. The number of benzene rings is 2. The number of aromatic carboxylic acids is 1. The van der Waals surface area contributed by atoms with E-state index in [1.165, 1.54) is 36.5 Å². The Morgan fingerprint density at radius 2 is 1.85 bits per heavy atom. The molecule has 0 spiro atoms. The van der Waals surface area contributed by atoms with Gasteiger partial charge >= 0.3 is 5.97 Å². The normalized spacial score (nSPS) is 24.8. The number of non-ortho nitro benzene ring substituents is 1. The number of carboxylic acids is 1. The molecule has 2 fully saturated rings. The molecule has 4 unspecified atom stereocenters. The molecule has 1 saturated carbocycles. The average molecular weight is 461 g/mol. The summed E-state index contributed by atoms with van der Waals surface area (Å²) in [6.07, 6.45) is 5.98. The van der Waals surface area contributed by atoms with Crippen molar-refractivity contribution in [3.05, 3.63) is 81.4 Å². The maximum atomic E-state index is 12.8. The van der Waals surface area contributed by atoms with Gasteiger partial charge in [0.15, 0.2) is 0 Å². The van der Waals surface area contributed by atoms with Gasteiger partial charge in [-0.3, -0.25) is 19.7 Å². The van der Waals surface area contributed by atoms with Crippen molar-refractivity contribution in [2.45, 2.75) is 13.0 Å². The topological polar surface area (TPSA) is 139 Å². The molecule has 4 atom stereocenters. The lowest BCUT2D eigenvalue weighted by Crippen LogP contribution is -2.28. The van der Waals surface area contributed by atoms with Crippen molar-refractivity contribution in [1.29, 1.82) is 0 Å². The summed E-state index contributed by atoms with van der Waals surface area (Å²) >= 11 is 0. The van der Waals surface area contributed by atoms with E-state index in [1.54, 1.807) is 12.1 Å². The average Bonchev–Trinajstić information content (AvgIpc) is 3.51. The molecular weight excluding hydrogens is 442 g/mol. The molecule has 2 amide bonds. The molecule has 3 aliphatic rings. The van der Waals surface area contributed by atoms with Crippen molar-refractivity contribution in [3.63, 3.8) is 0 Å². The van der Waals surface area contributed by atoms with Crippen LogP contribution in [0.5, 0.6) is 5.75 Å². The third-order valence-corrected chi connectivity index (χ3v) is 6.53. The molecule has 10 heteroatoms. The van der Waals surface area contributed by atoms with E-state index in [-0.39, 0.29) is 52.8 Å². The summed E-state index contributed by atoms with van der Waals surface area (Å²) in [4.78, 5) is 47.5. The fourth-order valence-electron chi connectivity index (χ4n) is 4.96. The molecule has 2 aromatic carbocycles. The highest BCUT2D eigenvalue weighted by molar-refractivity contribution is 6.07.